The second-order valence-corrected chi connectivity index (χ2v) is 5.26. The van der Waals surface area contributed by atoms with Crippen LogP contribution in [0.3, 0.4) is 0 Å². The van der Waals surface area contributed by atoms with Crippen LogP contribution in [0.2, 0.25) is 0 Å². The molecular formula is C15H14BrFO. The molecule has 0 aliphatic rings. The Morgan fingerprint density at radius 2 is 1.72 bits per heavy atom. The van der Waals surface area contributed by atoms with Gasteiger partial charge in [0.25, 0.3) is 0 Å². The number of aryl methyl sites for hydroxylation is 2. The Morgan fingerprint density at radius 3 is 2.33 bits per heavy atom. The largest absolute Gasteiger partial charge is 0.489 e. The van der Waals surface area contributed by atoms with E-state index in [0.717, 1.165) is 21.3 Å². The summed E-state index contributed by atoms with van der Waals surface area (Å²) in [6, 6.07) is 11.0. The third-order valence-electron chi connectivity index (χ3n) is 2.60. The predicted molar refractivity (Wildman–Crippen MR) is 74.3 cm³/mol. The van der Waals surface area contributed by atoms with Crippen LogP contribution in [0.25, 0.3) is 0 Å². The first-order chi connectivity index (χ1) is 8.54. The molecule has 0 bridgehead atoms. The minimum Gasteiger partial charge on any atom is -0.489 e. The Balaban J connectivity index is 2.11. The van der Waals surface area contributed by atoms with Crippen LogP contribution < -0.4 is 4.74 Å². The number of rotatable bonds is 3. The molecule has 0 radical (unpaired) electrons. The van der Waals surface area contributed by atoms with Gasteiger partial charge in [0, 0.05) is 10.0 Å². The lowest BCUT2D eigenvalue weighted by molar-refractivity contribution is 0.299. The maximum Gasteiger partial charge on any atom is 0.130 e. The molecule has 0 aliphatic carbocycles. The molecule has 3 heteroatoms. The summed E-state index contributed by atoms with van der Waals surface area (Å²) in [5, 5.41) is 0. The highest BCUT2D eigenvalue weighted by Crippen LogP contribution is 2.20. The molecule has 2 aromatic rings. The Labute approximate surface area is 115 Å². The van der Waals surface area contributed by atoms with Gasteiger partial charge in [-0.2, -0.15) is 0 Å². The van der Waals surface area contributed by atoms with Gasteiger partial charge >= 0.3 is 0 Å². The summed E-state index contributed by atoms with van der Waals surface area (Å²) < 4.78 is 20.0. The highest BCUT2D eigenvalue weighted by Gasteiger charge is 2.04. The van der Waals surface area contributed by atoms with Crippen molar-refractivity contribution in [3.63, 3.8) is 0 Å². The molecule has 0 atom stereocenters. The highest BCUT2D eigenvalue weighted by atomic mass is 79.9. The minimum atomic E-state index is -0.256. The zero-order valence-corrected chi connectivity index (χ0v) is 11.9. The molecule has 1 nitrogen and oxygen atoms in total. The number of benzene rings is 2. The van der Waals surface area contributed by atoms with Crippen LogP contribution in [0.4, 0.5) is 4.39 Å². The van der Waals surface area contributed by atoms with E-state index in [1.807, 2.05) is 32.0 Å². The average molecular weight is 309 g/mol. The molecule has 0 aliphatic heterocycles. The topological polar surface area (TPSA) is 9.23 Å². The van der Waals surface area contributed by atoms with E-state index in [4.69, 9.17) is 4.74 Å². The number of halogens is 2. The maximum atomic E-state index is 13.6. The van der Waals surface area contributed by atoms with Gasteiger partial charge in [0.1, 0.15) is 18.2 Å². The molecule has 0 N–H and O–H groups in total. The standard InChI is InChI=1S/C15H14BrFO/c1-10-5-11(2)7-14(6-10)18-9-12-3-4-13(16)8-15(12)17/h3-8H,9H2,1-2H3. The van der Waals surface area contributed by atoms with E-state index in [1.54, 1.807) is 6.07 Å². The van der Waals surface area contributed by atoms with Gasteiger partial charge < -0.3 is 4.74 Å². The second kappa shape index (κ2) is 5.53. The Bertz CT molecular complexity index is 546. The van der Waals surface area contributed by atoms with Crippen molar-refractivity contribution >= 4 is 15.9 Å². The third kappa shape index (κ3) is 3.33. The fourth-order valence-electron chi connectivity index (χ4n) is 1.82. The van der Waals surface area contributed by atoms with Gasteiger partial charge in [0.05, 0.1) is 0 Å². The Hall–Kier alpha value is -1.35. The van der Waals surface area contributed by atoms with Crippen LogP contribution >= 0.6 is 15.9 Å². The van der Waals surface area contributed by atoms with Crippen molar-refractivity contribution in [3.05, 3.63) is 63.4 Å². The average Bonchev–Trinajstić information content (AvgIpc) is 2.26. The summed E-state index contributed by atoms with van der Waals surface area (Å²) in [4.78, 5) is 0. The first-order valence-corrected chi connectivity index (χ1v) is 6.49. The van der Waals surface area contributed by atoms with Crippen molar-refractivity contribution in [3.8, 4) is 5.75 Å². The lowest BCUT2D eigenvalue weighted by Gasteiger charge is -2.09. The summed E-state index contributed by atoms with van der Waals surface area (Å²) in [6.45, 7) is 4.27. The van der Waals surface area contributed by atoms with Crippen molar-refractivity contribution in [1.29, 1.82) is 0 Å². The van der Waals surface area contributed by atoms with E-state index >= 15 is 0 Å². The monoisotopic (exact) mass is 308 g/mol. The fraction of sp³-hybridized carbons (Fsp3) is 0.200. The zero-order valence-electron chi connectivity index (χ0n) is 10.3. The molecule has 2 aromatic carbocycles. The molecule has 94 valence electrons. The van der Waals surface area contributed by atoms with Crippen molar-refractivity contribution in [1.82, 2.24) is 0 Å². The molecule has 18 heavy (non-hydrogen) atoms. The van der Waals surface area contributed by atoms with Gasteiger partial charge in [0.2, 0.25) is 0 Å². The second-order valence-electron chi connectivity index (χ2n) is 4.35. The predicted octanol–water partition coefficient (Wildman–Crippen LogP) is 4.78. The maximum absolute atomic E-state index is 13.6. The summed E-state index contributed by atoms with van der Waals surface area (Å²) in [5.74, 6) is 0.517. The fourth-order valence-corrected chi connectivity index (χ4v) is 2.15. The number of ether oxygens (including phenoxy) is 1. The van der Waals surface area contributed by atoms with Crippen LogP contribution in [0, 0.1) is 19.7 Å². The quantitative estimate of drug-likeness (QED) is 0.792. The van der Waals surface area contributed by atoms with Crippen LogP contribution in [0.1, 0.15) is 16.7 Å². The lowest BCUT2D eigenvalue weighted by atomic mass is 10.1. The van der Waals surface area contributed by atoms with E-state index in [1.165, 1.54) is 6.07 Å². The molecular weight excluding hydrogens is 295 g/mol. The number of hydrogen-bond donors (Lipinski definition) is 0. The molecule has 0 amide bonds. The van der Waals surface area contributed by atoms with E-state index in [2.05, 4.69) is 22.0 Å². The van der Waals surface area contributed by atoms with Gasteiger partial charge in [0.15, 0.2) is 0 Å². The smallest absolute Gasteiger partial charge is 0.130 e. The van der Waals surface area contributed by atoms with Gasteiger partial charge in [-0.1, -0.05) is 28.1 Å². The lowest BCUT2D eigenvalue weighted by Crippen LogP contribution is -1.99. The van der Waals surface area contributed by atoms with E-state index in [0.29, 0.717) is 5.56 Å². The zero-order chi connectivity index (χ0) is 13.1. The molecule has 0 aromatic heterocycles. The van der Waals surface area contributed by atoms with Crippen LogP contribution in [0.5, 0.6) is 5.75 Å². The SMILES string of the molecule is Cc1cc(C)cc(OCc2ccc(Br)cc2F)c1. The van der Waals surface area contributed by atoms with Crippen molar-refractivity contribution < 1.29 is 9.13 Å². The normalized spacial score (nSPS) is 10.4. The van der Waals surface area contributed by atoms with Crippen molar-refractivity contribution in [2.24, 2.45) is 0 Å². The molecule has 0 unspecified atom stereocenters. The van der Waals surface area contributed by atoms with Gasteiger partial charge in [-0.15, -0.1) is 0 Å². The van der Waals surface area contributed by atoms with Crippen molar-refractivity contribution in [2.75, 3.05) is 0 Å². The van der Waals surface area contributed by atoms with E-state index in [-0.39, 0.29) is 12.4 Å². The van der Waals surface area contributed by atoms with E-state index < -0.39 is 0 Å². The summed E-state index contributed by atoms with van der Waals surface area (Å²) >= 11 is 3.23. The van der Waals surface area contributed by atoms with Crippen LogP contribution in [-0.2, 0) is 6.61 Å². The molecule has 0 saturated heterocycles. The first kappa shape index (κ1) is 13.1. The molecule has 2 rings (SSSR count). The molecule has 0 heterocycles. The Morgan fingerprint density at radius 1 is 1.06 bits per heavy atom. The van der Waals surface area contributed by atoms with Gasteiger partial charge in [-0.25, -0.2) is 4.39 Å². The van der Waals surface area contributed by atoms with Crippen LogP contribution in [0.15, 0.2) is 40.9 Å². The molecule has 0 spiro atoms. The molecule has 0 fully saturated rings. The van der Waals surface area contributed by atoms with Gasteiger partial charge in [-0.3, -0.25) is 0 Å². The number of hydrogen-bond acceptors (Lipinski definition) is 1. The third-order valence-corrected chi connectivity index (χ3v) is 3.10. The van der Waals surface area contributed by atoms with E-state index in [9.17, 15) is 4.39 Å². The summed E-state index contributed by atoms with van der Waals surface area (Å²) in [5.41, 5.74) is 2.83. The van der Waals surface area contributed by atoms with Crippen molar-refractivity contribution in [2.45, 2.75) is 20.5 Å². The molecule has 0 saturated carbocycles. The summed E-state index contributed by atoms with van der Waals surface area (Å²) in [6.07, 6.45) is 0. The Kier molecular flexibility index (Phi) is 4.02. The van der Waals surface area contributed by atoms with Gasteiger partial charge in [-0.05, 0) is 49.2 Å². The minimum absolute atomic E-state index is 0.238. The highest BCUT2D eigenvalue weighted by molar-refractivity contribution is 9.10. The summed E-state index contributed by atoms with van der Waals surface area (Å²) in [7, 11) is 0. The van der Waals surface area contributed by atoms with Crippen LogP contribution in [-0.4, -0.2) is 0 Å². The first-order valence-electron chi connectivity index (χ1n) is 5.69.